The summed E-state index contributed by atoms with van der Waals surface area (Å²) in [5.41, 5.74) is 19.9. The molecule has 19 aromatic rings. The molecule has 420 valence electrons. The van der Waals surface area contributed by atoms with Crippen LogP contribution < -0.4 is 0 Å². The zero-order chi connectivity index (χ0) is 59.0. The zero-order valence-corrected chi connectivity index (χ0v) is 48.9. The molecule has 0 aliphatic heterocycles. The van der Waals surface area contributed by atoms with Crippen LogP contribution in [0.2, 0.25) is 0 Å². The van der Waals surface area contributed by atoms with E-state index in [4.69, 9.17) is 0 Å². The summed E-state index contributed by atoms with van der Waals surface area (Å²) in [5, 5.41) is 13.9. The van der Waals surface area contributed by atoms with Crippen LogP contribution in [0.25, 0.3) is 165 Å². The molecular weight excluding hydrogens is 1090 g/mol. The molecule has 15 aromatic carbocycles. The maximum atomic E-state index is 2.51. The molecule has 0 saturated carbocycles. The standard InChI is InChI=1S/C84H54N6/c1-5-25-55(26-6-1)85-77-41-21-23-43-79(77)87(57-29-9-3-10-30-57)83-53-71-69(51-81(83)85)61-47-45-59(89-73-37-17-13-33-63(73)64-34-14-18-38-74(64)89)49-67(61)68-50-60(90-75-39-19-15-35-65(75)66-36-16-20-40-76(66)90)46-48-62(68)70-52-82-84(54-72(70)71)88(58-31-11-4-12-32-58)80-44-24-22-42-78(80)86(82)56-27-7-2-8-28-56/h1-54H. The van der Waals surface area contributed by atoms with Gasteiger partial charge in [-0.3, -0.25) is 0 Å². The largest absolute Gasteiger partial charge is 0.309 e. The Morgan fingerprint density at radius 3 is 0.578 bits per heavy atom. The second-order valence-electron chi connectivity index (χ2n) is 23.6. The first kappa shape index (κ1) is 50.1. The summed E-state index contributed by atoms with van der Waals surface area (Å²) in [7, 11) is 0. The van der Waals surface area contributed by atoms with Crippen LogP contribution in [-0.2, 0) is 0 Å². The van der Waals surface area contributed by atoms with Gasteiger partial charge in [0.05, 0.1) is 66.2 Å². The molecule has 19 rings (SSSR count). The van der Waals surface area contributed by atoms with E-state index >= 15 is 0 Å². The van der Waals surface area contributed by atoms with Crippen molar-refractivity contribution in [3.8, 4) is 34.1 Å². The summed E-state index contributed by atoms with van der Waals surface area (Å²) in [4.78, 5) is 0. The number of aromatic nitrogens is 6. The van der Waals surface area contributed by atoms with Crippen LogP contribution in [-0.4, -0.2) is 27.4 Å². The summed E-state index contributed by atoms with van der Waals surface area (Å²) in [5.74, 6) is 0. The van der Waals surface area contributed by atoms with Gasteiger partial charge in [-0.2, -0.15) is 0 Å². The van der Waals surface area contributed by atoms with E-state index in [1.807, 2.05) is 0 Å². The van der Waals surface area contributed by atoms with Crippen molar-refractivity contribution in [3.05, 3.63) is 328 Å². The van der Waals surface area contributed by atoms with Crippen molar-refractivity contribution in [3.63, 3.8) is 0 Å². The van der Waals surface area contributed by atoms with Gasteiger partial charge in [-0.15, -0.1) is 0 Å². The van der Waals surface area contributed by atoms with E-state index in [9.17, 15) is 0 Å². The van der Waals surface area contributed by atoms with Crippen molar-refractivity contribution in [1.82, 2.24) is 27.4 Å². The highest BCUT2D eigenvalue weighted by Crippen LogP contribution is 2.45. The lowest BCUT2D eigenvalue weighted by Gasteiger charge is -2.24. The summed E-state index contributed by atoms with van der Waals surface area (Å²) < 4.78 is 14.8. The summed E-state index contributed by atoms with van der Waals surface area (Å²) in [6.07, 6.45) is 0. The molecule has 6 heteroatoms. The van der Waals surface area contributed by atoms with Crippen LogP contribution in [0.5, 0.6) is 0 Å². The Morgan fingerprint density at radius 1 is 0.111 bits per heavy atom. The molecule has 0 spiro atoms. The number of fused-ring (bicyclic) bond motifs is 18. The molecule has 0 N–H and O–H groups in total. The lowest BCUT2D eigenvalue weighted by atomic mass is 9.92. The molecule has 0 unspecified atom stereocenters. The highest BCUT2D eigenvalue weighted by molar-refractivity contribution is 6.29. The monoisotopic (exact) mass is 1150 g/mol. The normalized spacial score (nSPS) is 12.0. The molecule has 0 amide bonds. The smallest absolute Gasteiger partial charge is 0.0709 e. The van der Waals surface area contributed by atoms with Crippen molar-refractivity contribution >= 4 is 131 Å². The van der Waals surface area contributed by atoms with Crippen molar-refractivity contribution < 1.29 is 0 Å². The minimum absolute atomic E-state index is 1.08. The van der Waals surface area contributed by atoms with E-state index in [0.717, 1.165) is 143 Å². The van der Waals surface area contributed by atoms with E-state index in [-0.39, 0.29) is 0 Å². The molecule has 0 fully saturated rings. The van der Waals surface area contributed by atoms with Crippen molar-refractivity contribution in [2.24, 2.45) is 0 Å². The third-order valence-electron chi connectivity index (χ3n) is 18.8. The fraction of sp³-hybridized carbons (Fsp3) is 0. The Kier molecular flexibility index (Phi) is 11.0. The van der Waals surface area contributed by atoms with E-state index in [1.54, 1.807) is 0 Å². The van der Waals surface area contributed by atoms with Crippen LogP contribution in [0.3, 0.4) is 0 Å². The minimum Gasteiger partial charge on any atom is -0.309 e. The Bertz CT molecular complexity index is 5760. The lowest BCUT2D eigenvalue weighted by molar-refractivity contribution is 1.09. The summed E-state index contributed by atoms with van der Waals surface area (Å²) in [6, 6.07) is 121. The zero-order valence-electron chi connectivity index (χ0n) is 48.9. The predicted octanol–water partition coefficient (Wildman–Crippen LogP) is 22.0. The molecule has 0 saturated heterocycles. The predicted molar refractivity (Wildman–Crippen MR) is 379 cm³/mol. The van der Waals surface area contributed by atoms with Crippen molar-refractivity contribution in [1.29, 1.82) is 0 Å². The number of rotatable bonds is 6. The van der Waals surface area contributed by atoms with E-state index < -0.39 is 0 Å². The molecule has 90 heavy (non-hydrogen) atoms. The third-order valence-corrected chi connectivity index (χ3v) is 18.8. The SMILES string of the molecule is c1ccc(-n2c3ccccc3n(-c3ccccc3)c3cc4c(cc32)c2ccc(-n3c5ccccc5c5ccccc53)cc2c2cc(-n3c5ccccc5c5ccccc53)ccc2c2cc3c(cc24)n(-c2ccccc2)c2ccccc2n3-c2ccccc2)cc1. The third kappa shape index (κ3) is 7.39. The number of hydrogen-bond donors (Lipinski definition) is 0. The summed E-state index contributed by atoms with van der Waals surface area (Å²) >= 11 is 0. The highest BCUT2D eigenvalue weighted by atomic mass is 15.1. The summed E-state index contributed by atoms with van der Waals surface area (Å²) in [6.45, 7) is 0. The lowest BCUT2D eigenvalue weighted by Crippen LogP contribution is -2.09. The first-order chi connectivity index (χ1) is 44.7. The topological polar surface area (TPSA) is 29.6 Å². The van der Waals surface area contributed by atoms with Gasteiger partial charge in [-0.1, -0.05) is 182 Å². The van der Waals surface area contributed by atoms with Crippen LogP contribution >= 0.6 is 0 Å². The second kappa shape index (κ2) is 19.7. The van der Waals surface area contributed by atoms with Crippen LogP contribution in [0, 0.1) is 0 Å². The maximum Gasteiger partial charge on any atom is 0.0709 e. The number of nitrogens with zero attached hydrogens (tertiary/aromatic N) is 6. The van der Waals surface area contributed by atoms with Gasteiger partial charge in [-0.25, -0.2) is 0 Å². The molecule has 4 aromatic heterocycles. The molecule has 0 aliphatic carbocycles. The van der Waals surface area contributed by atoms with Gasteiger partial charge in [-0.05, 0) is 189 Å². The van der Waals surface area contributed by atoms with Gasteiger partial charge in [0.15, 0.2) is 0 Å². The number of benzene rings is 14. The Labute approximate surface area is 517 Å². The Balaban J connectivity index is 1.10. The van der Waals surface area contributed by atoms with Gasteiger partial charge in [0.1, 0.15) is 0 Å². The fourth-order valence-corrected chi connectivity index (χ4v) is 15.0. The quantitative estimate of drug-likeness (QED) is 0.149. The van der Waals surface area contributed by atoms with E-state index in [0.29, 0.717) is 0 Å². The molecule has 6 nitrogen and oxygen atoms in total. The molecular formula is C84H54N6. The molecule has 4 heterocycles. The van der Waals surface area contributed by atoms with Gasteiger partial charge < -0.3 is 27.4 Å². The van der Waals surface area contributed by atoms with Gasteiger partial charge in [0.2, 0.25) is 0 Å². The average molecular weight is 1150 g/mol. The van der Waals surface area contributed by atoms with Crippen LogP contribution in [0.15, 0.2) is 328 Å². The van der Waals surface area contributed by atoms with Crippen molar-refractivity contribution in [2.75, 3.05) is 0 Å². The van der Waals surface area contributed by atoms with Crippen LogP contribution in [0.1, 0.15) is 0 Å². The van der Waals surface area contributed by atoms with Gasteiger partial charge in [0, 0.05) is 55.7 Å². The Hall–Kier alpha value is -12.1. The average Bonchev–Trinajstić information content (AvgIpc) is 1.45. The van der Waals surface area contributed by atoms with E-state index in [2.05, 4.69) is 355 Å². The van der Waals surface area contributed by atoms with Gasteiger partial charge in [0.25, 0.3) is 0 Å². The van der Waals surface area contributed by atoms with Crippen molar-refractivity contribution in [2.45, 2.75) is 0 Å². The number of para-hydroxylation sites is 12. The number of hydrogen-bond acceptors (Lipinski definition) is 0. The minimum atomic E-state index is 1.08. The van der Waals surface area contributed by atoms with Crippen LogP contribution in [0.4, 0.5) is 0 Å². The highest BCUT2D eigenvalue weighted by Gasteiger charge is 2.23. The maximum absolute atomic E-state index is 2.51. The van der Waals surface area contributed by atoms with Gasteiger partial charge >= 0.3 is 0 Å². The molecule has 0 bridgehead atoms. The fourth-order valence-electron chi connectivity index (χ4n) is 15.0. The molecule has 0 atom stereocenters. The first-order valence-electron chi connectivity index (χ1n) is 30.9. The molecule has 0 radical (unpaired) electrons. The van der Waals surface area contributed by atoms with E-state index in [1.165, 1.54) is 21.5 Å². The first-order valence-corrected chi connectivity index (χ1v) is 30.9. The molecule has 0 aliphatic rings. The Morgan fingerprint density at radius 2 is 0.311 bits per heavy atom. The second-order valence-corrected chi connectivity index (χ2v) is 23.6.